The van der Waals surface area contributed by atoms with Crippen LogP contribution in [0.2, 0.25) is 5.02 Å². The minimum absolute atomic E-state index is 0.00169. The molecule has 5 heteroatoms. The number of nitrogens with one attached hydrogen (secondary N) is 1. The summed E-state index contributed by atoms with van der Waals surface area (Å²) in [5.41, 5.74) is 3.83. The number of ether oxygens (including phenoxy) is 1. The van der Waals surface area contributed by atoms with Gasteiger partial charge in [-0.2, -0.15) is 0 Å². The summed E-state index contributed by atoms with van der Waals surface area (Å²) in [5.74, 6) is -1.33. The lowest BCUT2D eigenvalue weighted by molar-refractivity contribution is -0.136. The van der Waals surface area contributed by atoms with Gasteiger partial charge in [-0.3, -0.25) is 4.79 Å². The molecule has 148 valence electrons. The minimum Gasteiger partial charge on any atom is -0.466 e. The molecule has 2 aromatic rings. The predicted octanol–water partition coefficient (Wildman–Crippen LogP) is 4.73. The van der Waals surface area contributed by atoms with E-state index >= 15 is 0 Å². The van der Waals surface area contributed by atoms with Crippen LogP contribution >= 0.6 is 11.6 Å². The van der Waals surface area contributed by atoms with Crippen LogP contribution in [0.4, 0.5) is 0 Å². The number of ketones is 1. The first kappa shape index (κ1) is 19.5. The van der Waals surface area contributed by atoms with E-state index in [1.54, 1.807) is 6.07 Å². The van der Waals surface area contributed by atoms with Gasteiger partial charge in [-0.05, 0) is 24.1 Å². The van der Waals surface area contributed by atoms with Gasteiger partial charge >= 0.3 is 5.97 Å². The first-order chi connectivity index (χ1) is 14.0. The Morgan fingerprint density at radius 1 is 1.07 bits per heavy atom. The predicted molar refractivity (Wildman–Crippen MR) is 112 cm³/mol. The Kier molecular flexibility index (Phi) is 5.29. The van der Waals surface area contributed by atoms with Crippen LogP contribution in [0.1, 0.15) is 36.3 Å². The van der Waals surface area contributed by atoms with E-state index in [0.717, 1.165) is 16.8 Å². The number of hydrogen-bond donors (Lipinski definition) is 1. The van der Waals surface area contributed by atoms with Gasteiger partial charge in [0.05, 0.1) is 18.6 Å². The Hall–Kier alpha value is -2.85. The number of benzene rings is 2. The normalized spacial score (nSPS) is 23.8. The van der Waals surface area contributed by atoms with Gasteiger partial charge in [-0.15, -0.1) is 0 Å². The number of halogens is 1. The zero-order valence-electron chi connectivity index (χ0n) is 16.3. The van der Waals surface area contributed by atoms with Crippen molar-refractivity contribution in [2.75, 3.05) is 7.11 Å². The lowest BCUT2D eigenvalue weighted by atomic mass is 9.68. The van der Waals surface area contributed by atoms with Gasteiger partial charge in [0.2, 0.25) is 0 Å². The molecule has 0 spiro atoms. The maximum Gasteiger partial charge on any atom is 0.336 e. The molecule has 4 nitrogen and oxygen atoms in total. The number of rotatable bonds is 3. The summed E-state index contributed by atoms with van der Waals surface area (Å²) in [5, 5.41) is 3.84. The van der Waals surface area contributed by atoms with Crippen molar-refractivity contribution in [3.63, 3.8) is 0 Å². The molecule has 3 atom stereocenters. The molecule has 0 fully saturated rings. The van der Waals surface area contributed by atoms with Gasteiger partial charge in [0.25, 0.3) is 0 Å². The molecule has 0 amide bonds. The standard InChI is InChI=1S/C24H22ClNO3/c1-14-21(24(28)29-2)22(17-10-6-7-11-18(17)25)23-19(26-14)12-16(13-20(23)27)15-8-4-3-5-9-15/h3-12,16,22-23,26H,13H2,1-2H3. The Bertz CT molecular complexity index is 1030. The van der Waals surface area contributed by atoms with Crippen LogP contribution in [0, 0.1) is 5.92 Å². The van der Waals surface area contributed by atoms with Crippen LogP contribution in [-0.2, 0) is 14.3 Å². The van der Waals surface area contributed by atoms with Gasteiger partial charge in [0.1, 0.15) is 5.78 Å². The summed E-state index contributed by atoms with van der Waals surface area (Å²) in [6.45, 7) is 1.84. The second-order valence-electron chi connectivity index (χ2n) is 7.44. The van der Waals surface area contributed by atoms with Gasteiger partial charge in [-0.25, -0.2) is 4.79 Å². The molecular weight excluding hydrogens is 386 g/mol. The number of Topliss-reactive ketones (excluding diaryl/α,β-unsaturated/α-hetero) is 1. The molecule has 0 saturated heterocycles. The molecular formula is C24H22ClNO3. The third-order valence-electron chi connectivity index (χ3n) is 5.74. The van der Waals surface area contributed by atoms with Crippen molar-refractivity contribution in [1.82, 2.24) is 5.32 Å². The highest BCUT2D eigenvalue weighted by molar-refractivity contribution is 6.31. The Labute approximate surface area is 175 Å². The fourth-order valence-corrected chi connectivity index (χ4v) is 4.69. The third kappa shape index (κ3) is 3.49. The number of allylic oxidation sites excluding steroid dienone is 3. The number of carbonyl (C=O) groups excluding carboxylic acids is 2. The minimum atomic E-state index is -0.493. The summed E-state index contributed by atoms with van der Waals surface area (Å²) in [6, 6.07) is 17.4. The van der Waals surface area contributed by atoms with E-state index in [0.29, 0.717) is 22.7 Å². The van der Waals surface area contributed by atoms with E-state index in [1.165, 1.54) is 7.11 Å². The smallest absolute Gasteiger partial charge is 0.336 e. The van der Waals surface area contributed by atoms with Crippen molar-refractivity contribution in [3.05, 3.63) is 93.8 Å². The van der Waals surface area contributed by atoms with E-state index in [-0.39, 0.29) is 11.7 Å². The Morgan fingerprint density at radius 2 is 1.76 bits per heavy atom. The highest BCUT2D eigenvalue weighted by Crippen LogP contribution is 2.47. The Morgan fingerprint density at radius 3 is 2.45 bits per heavy atom. The van der Waals surface area contributed by atoms with Gasteiger partial charge in [0.15, 0.2) is 0 Å². The maximum absolute atomic E-state index is 13.4. The molecule has 1 aliphatic heterocycles. The van der Waals surface area contributed by atoms with Crippen molar-refractivity contribution in [1.29, 1.82) is 0 Å². The van der Waals surface area contributed by atoms with Crippen molar-refractivity contribution in [2.24, 2.45) is 5.92 Å². The summed E-state index contributed by atoms with van der Waals surface area (Å²) in [6.07, 6.45) is 2.50. The van der Waals surface area contributed by atoms with E-state index < -0.39 is 17.8 Å². The molecule has 0 bridgehead atoms. The largest absolute Gasteiger partial charge is 0.466 e. The van der Waals surface area contributed by atoms with Crippen molar-refractivity contribution in [2.45, 2.75) is 25.2 Å². The van der Waals surface area contributed by atoms with Crippen LogP contribution in [0.5, 0.6) is 0 Å². The van der Waals surface area contributed by atoms with E-state index in [9.17, 15) is 9.59 Å². The number of methoxy groups -OCH3 is 1. The van der Waals surface area contributed by atoms with Gasteiger partial charge in [0, 0.05) is 34.7 Å². The summed E-state index contributed by atoms with van der Waals surface area (Å²) >= 11 is 6.50. The van der Waals surface area contributed by atoms with Crippen LogP contribution in [0.25, 0.3) is 0 Å². The molecule has 1 heterocycles. The zero-order valence-corrected chi connectivity index (χ0v) is 17.1. The molecule has 0 radical (unpaired) electrons. The first-order valence-electron chi connectivity index (χ1n) is 9.61. The second-order valence-corrected chi connectivity index (χ2v) is 7.85. The van der Waals surface area contributed by atoms with Crippen LogP contribution in [0.15, 0.2) is 77.6 Å². The van der Waals surface area contributed by atoms with E-state index in [2.05, 4.69) is 11.4 Å². The highest BCUT2D eigenvalue weighted by Gasteiger charge is 2.45. The molecule has 1 N–H and O–H groups in total. The summed E-state index contributed by atoms with van der Waals surface area (Å²) in [7, 11) is 1.35. The zero-order chi connectivity index (χ0) is 20.5. The third-order valence-corrected chi connectivity index (χ3v) is 6.08. The summed E-state index contributed by atoms with van der Waals surface area (Å²) < 4.78 is 5.05. The van der Waals surface area contributed by atoms with Gasteiger partial charge in [-0.1, -0.05) is 66.2 Å². The second kappa shape index (κ2) is 7.88. The van der Waals surface area contributed by atoms with Gasteiger partial charge < -0.3 is 10.1 Å². The maximum atomic E-state index is 13.4. The molecule has 4 rings (SSSR count). The first-order valence-corrected chi connectivity index (χ1v) is 9.99. The molecule has 3 unspecified atom stereocenters. The fourth-order valence-electron chi connectivity index (χ4n) is 4.43. The molecule has 2 aliphatic rings. The number of hydrogen-bond acceptors (Lipinski definition) is 4. The van der Waals surface area contributed by atoms with Crippen molar-refractivity contribution in [3.8, 4) is 0 Å². The summed E-state index contributed by atoms with van der Waals surface area (Å²) in [4.78, 5) is 26.0. The van der Waals surface area contributed by atoms with Crippen LogP contribution < -0.4 is 5.32 Å². The van der Waals surface area contributed by atoms with Crippen LogP contribution in [-0.4, -0.2) is 18.9 Å². The molecule has 0 aromatic heterocycles. The number of carbonyl (C=O) groups is 2. The quantitative estimate of drug-likeness (QED) is 0.747. The average Bonchev–Trinajstić information content (AvgIpc) is 2.73. The molecule has 2 aromatic carbocycles. The number of esters is 1. The molecule has 0 saturated carbocycles. The van der Waals surface area contributed by atoms with Crippen LogP contribution in [0.3, 0.4) is 0 Å². The lowest BCUT2D eigenvalue weighted by Gasteiger charge is -2.39. The average molecular weight is 408 g/mol. The number of fused-ring (bicyclic) bond motifs is 1. The molecule has 1 aliphatic carbocycles. The Balaban J connectivity index is 1.86. The fraction of sp³-hybridized carbons (Fsp3) is 0.250. The van der Waals surface area contributed by atoms with Crippen molar-refractivity contribution < 1.29 is 14.3 Å². The monoisotopic (exact) mass is 407 g/mol. The highest BCUT2D eigenvalue weighted by atomic mass is 35.5. The SMILES string of the molecule is COC(=O)C1=C(C)NC2=CC(c3ccccc3)CC(=O)C2C1c1ccccc1Cl. The lowest BCUT2D eigenvalue weighted by Crippen LogP contribution is -2.41. The van der Waals surface area contributed by atoms with E-state index in [4.69, 9.17) is 16.3 Å². The van der Waals surface area contributed by atoms with E-state index in [1.807, 2.05) is 55.5 Å². The topological polar surface area (TPSA) is 55.4 Å². The van der Waals surface area contributed by atoms with Crippen molar-refractivity contribution >= 4 is 23.4 Å². The molecule has 29 heavy (non-hydrogen) atoms.